The van der Waals surface area contributed by atoms with Gasteiger partial charge in [0.2, 0.25) is 29.5 Å². The van der Waals surface area contributed by atoms with Gasteiger partial charge in [-0.2, -0.15) is 31.6 Å². The van der Waals surface area contributed by atoms with Gasteiger partial charge in [0, 0.05) is 51.5 Å². The van der Waals surface area contributed by atoms with Crippen LogP contribution in [0.25, 0.3) is 10.1 Å². The summed E-state index contributed by atoms with van der Waals surface area (Å²) < 4.78 is 87.1. The molecule has 0 aliphatic rings. The number of nitrogens with one attached hydrogen (secondary N) is 2. The van der Waals surface area contributed by atoms with Gasteiger partial charge in [0.1, 0.15) is 30.2 Å². The van der Waals surface area contributed by atoms with E-state index in [1.807, 2.05) is 0 Å². The number of nitrogens with two attached hydrogens (primary N) is 1. The first kappa shape index (κ1) is 55.6. The predicted molar refractivity (Wildman–Crippen MR) is 225 cm³/mol. The Morgan fingerprint density at radius 3 is 1.88 bits per heavy atom. The number of aliphatic carboxylic acids is 1. The zero-order valence-corrected chi connectivity index (χ0v) is 38.1. The number of ether oxygens (including phenoxy) is 1. The highest BCUT2D eigenvalue weighted by atomic mass is 32.1. The van der Waals surface area contributed by atoms with Crippen molar-refractivity contribution in [3.63, 3.8) is 0 Å². The van der Waals surface area contributed by atoms with Crippen LogP contribution in [-0.2, 0) is 44.7 Å². The third-order valence-corrected chi connectivity index (χ3v) is 11.5. The van der Waals surface area contributed by atoms with Crippen LogP contribution in [0.15, 0.2) is 29.6 Å². The Balaban J connectivity index is 2.62. The molecule has 0 unspecified atom stereocenters. The number of alkyl halides is 6. The number of rotatable bonds is 23. The summed E-state index contributed by atoms with van der Waals surface area (Å²) in [4.78, 5) is 96.4. The number of amides is 5. The molecule has 0 aliphatic heterocycles. The molecular weight excluding hydrogens is 893 g/mol. The fraction of sp³-hybridized carbons (Fsp3) is 0.619. The molecule has 23 heteroatoms. The fourth-order valence-electron chi connectivity index (χ4n) is 6.66. The fourth-order valence-corrected chi connectivity index (χ4v) is 7.64. The summed E-state index contributed by atoms with van der Waals surface area (Å²) in [5, 5.41) is 25.5. The van der Waals surface area contributed by atoms with Gasteiger partial charge in [-0.05, 0) is 60.4 Å². The van der Waals surface area contributed by atoms with Gasteiger partial charge in [0.25, 0.3) is 0 Å². The number of carboxylic acid groups (broad SMARTS) is 1. The van der Waals surface area contributed by atoms with Gasteiger partial charge in [-0.1, -0.05) is 45.9 Å². The number of hydrogen-bond donors (Lipinski definition) is 4. The maximum absolute atomic E-state index is 14.5. The predicted octanol–water partition coefficient (Wildman–Crippen LogP) is 4.54. The molecule has 0 aliphatic carbocycles. The minimum Gasteiger partial charge on any atom is -0.479 e. The molecule has 0 bridgehead atoms. The second-order valence-corrected chi connectivity index (χ2v) is 17.4. The summed E-state index contributed by atoms with van der Waals surface area (Å²) in [6.07, 6.45) is -15.6. The van der Waals surface area contributed by atoms with E-state index in [0.717, 1.165) is 30.6 Å². The number of nitrogens with zero attached hydrogens (tertiary/aromatic N) is 4. The largest absolute Gasteiger partial charge is 0.479 e. The lowest BCUT2D eigenvalue weighted by Gasteiger charge is -2.35. The lowest BCUT2D eigenvalue weighted by Crippen LogP contribution is -2.61. The van der Waals surface area contributed by atoms with Gasteiger partial charge < -0.3 is 40.9 Å². The lowest BCUT2D eigenvalue weighted by atomic mass is 9.97. The van der Waals surface area contributed by atoms with Crippen LogP contribution in [0.5, 0.6) is 0 Å². The minimum atomic E-state index is -5.13. The van der Waals surface area contributed by atoms with Gasteiger partial charge in [-0.3, -0.25) is 24.0 Å². The van der Waals surface area contributed by atoms with Crippen LogP contribution in [0.2, 0.25) is 0 Å². The molecule has 0 saturated carbocycles. The molecule has 362 valence electrons. The highest BCUT2D eigenvalue weighted by Crippen LogP contribution is 2.29. The van der Waals surface area contributed by atoms with Crippen molar-refractivity contribution in [3.05, 3.63) is 35.2 Å². The van der Waals surface area contributed by atoms with E-state index >= 15 is 0 Å². The number of hydrogen-bond acceptors (Lipinski definition) is 11. The SMILES string of the molecule is CC(C)C[C@H](NC(=O)[C@H](CC(C)C)N(C)C(=O)[C@@H](N)C(F)(F)F)C(=O)N(C)[C@@H](Cc1csc2ccccc12)C(=O)N[C@@H](CCC(F)(F)F)C(=O)N(C)[C@@H](C)C(=O)O[C@H](CCC#N)C(=O)O. The van der Waals surface area contributed by atoms with Crippen molar-refractivity contribution in [2.75, 3.05) is 21.1 Å². The summed E-state index contributed by atoms with van der Waals surface area (Å²) in [5.41, 5.74) is 5.69. The number of likely N-dealkylation sites (N-methyl/N-ethyl adjacent to an activating group) is 3. The molecule has 2 aromatic rings. The van der Waals surface area contributed by atoms with Crippen molar-refractivity contribution < 1.29 is 69.7 Å². The molecule has 7 atom stereocenters. The number of thiophene rings is 1. The van der Waals surface area contributed by atoms with E-state index in [1.165, 1.54) is 18.4 Å². The quantitative estimate of drug-likeness (QED) is 0.0893. The number of esters is 1. The van der Waals surface area contributed by atoms with Gasteiger partial charge in [0.15, 0.2) is 12.1 Å². The molecule has 2 rings (SSSR count). The van der Waals surface area contributed by atoms with Crippen molar-refractivity contribution in [2.24, 2.45) is 17.6 Å². The highest BCUT2D eigenvalue weighted by molar-refractivity contribution is 7.17. The summed E-state index contributed by atoms with van der Waals surface area (Å²) in [7, 11) is 3.18. The normalized spacial score (nSPS) is 15.1. The number of carbonyl (C=O) groups excluding carboxylic acids is 6. The summed E-state index contributed by atoms with van der Waals surface area (Å²) in [6, 6.07) is -2.45. The number of benzene rings is 1. The Kier molecular flexibility index (Phi) is 20.7. The van der Waals surface area contributed by atoms with Crippen LogP contribution in [-0.4, -0.2) is 137 Å². The average molecular weight is 950 g/mol. The van der Waals surface area contributed by atoms with Crippen molar-refractivity contribution in [1.82, 2.24) is 25.3 Å². The Morgan fingerprint density at radius 2 is 1.34 bits per heavy atom. The molecule has 0 fully saturated rings. The molecule has 0 spiro atoms. The van der Waals surface area contributed by atoms with Gasteiger partial charge in [-0.15, -0.1) is 11.3 Å². The standard InChI is InChI=1S/C42H57F6N7O9S/c1-22(2)18-28(52-34(56)29(19-23(3)4)55(8)38(60)33(50)42(46,47)48)37(59)54(7)30(20-25-21-65-32-14-10-9-12-26(25)32)35(57)51-27(15-16-41(43,44)45)36(58)53(6)24(5)40(63)64-31(39(61)62)13-11-17-49/h9-10,12,14,21-24,27-31,33H,11,13,15-16,18-20,50H2,1-8H3,(H,51,57)(H,52,56)(H,61,62)/t24-,27-,28-,29-,30-,31+,33+/m0/s1. The van der Waals surface area contributed by atoms with E-state index in [2.05, 4.69) is 10.6 Å². The second-order valence-electron chi connectivity index (χ2n) is 16.5. The topological polar surface area (TPSA) is 233 Å². The number of fused-ring (bicyclic) bond motifs is 1. The first-order chi connectivity index (χ1) is 30.0. The molecule has 65 heavy (non-hydrogen) atoms. The second kappa shape index (κ2) is 24.1. The van der Waals surface area contributed by atoms with E-state index in [1.54, 1.807) is 63.4 Å². The smallest absolute Gasteiger partial charge is 0.412 e. The molecule has 5 amide bonds. The molecule has 0 radical (unpaired) electrons. The Hall–Kier alpha value is -5.50. The van der Waals surface area contributed by atoms with Gasteiger partial charge in [0.05, 0.1) is 6.07 Å². The Morgan fingerprint density at radius 1 is 0.800 bits per heavy atom. The Bertz CT molecular complexity index is 2040. The zero-order chi connectivity index (χ0) is 49.7. The number of nitriles is 1. The van der Waals surface area contributed by atoms with Crippen LogP contribution in [0.4, 0.5) is 26.3 Å². The monoisotopic (exact) mass is 949 g/mol. The molecule has 0 saturated heterocycles. The van der Waals surface area contributed by atoms with E-state index in [-0.39, 0.29) is 37.5 Å². The van der Waals surface area contributed by atoms with Crippen LogP contribution < -0.4 is 16.4 Å². The minimum absolute atomic E-state index is 0.0938. The lowest BCUT2D eigenvalue weighted by molar-refractivity contribution is -0.172. The highest BCUT2D eigenvalue weighted by Gasteiger charge is 2.46. The first-order valence-corrected chi connectivity index (χ1v) is 21.4. The maximum atomic E-state index is 14.5. The van der Waals surface area contributed by atoms with E-state index in [0.29, 0.717) is 20.7 Å². The Labute approximate surface area is 376 Å². The number of halogens is 6. The molecule has 1 aromatic carbocycles. The number of carbonyl (C=O) groups is 7. The summed E-state index contributed by atoms with van der Waals surface area (Å²) in [5.74, 6) is -9.40. The van der Waals surface area contributed by atoms with Gasteiger partial charge >= 0.3 is 24.3 Å². The number of carboxylic acids is 1. The summed E-state index contributed by atoms with van der Waals surface area (Å²) >= 11 is 1.29. The van der Waals surface area contributed by atoms with Crippen molar-refractivity contribution in [1.29, 1.82) is 5.26 Å². The molecule has 16 nitrogen and oxygen atoms in total. The van der Waals surface area contributed by atoms with Crippen molar-refractivity contribution >= 4 is 62.9 Å². The molecule has 5 N–H and O–H groups in total. The molecular formula is C42H57F6N7O9S. The van der Waals surface area contributed by atoms with Crippen LogP contribution >= 0.6 is 11.3 Å². The van der Waals surface area contributed by atoms with Crippen LogP contribution in [0.1, 0.15) is 78.7 Å². The van der Waals surface area contributed by atoms with E-state index in [9.17, 15) is 65.0 Å². The molecule has 1 heterocycles. The first-order valence-electron chi connectivity index (χ1n) is 20.6. The van der Waals surface area contributed by atoms with E-state index in [4.69, 9.17) is 15.7 Å². The van der Waals surface area contributed by atoms with Crippen LogP contribution in [0.3, 0.4) is 0 Å². The maximum Gasteiger partial charge on any atom is 0.412 e. The van der Waals surface area contributed by atoms with Gasteiger partial charge in [-0.25, -0.2) is 9.59 Å². The third kappa shape index (κ3) is 16.5. The van der Waals surface area contributed by atoms with E-state index < -0.39 is 115 Å². The zero-order valence-electron chi connectivity index (χ0n) is 37.3. The van der Waals surface area contributed by atoms with Crippen LogP contribution in [0, 0.1) is 23.2 Å². The van der Waals surface area contributed by atoms with Crippen molar-refractivity contribution in [3.8, 4) is 6.07 Å². The summed E-state index contributed by atoms with van der Waals surface area (Å²) in [6.45, 7) is 7.78. The molecule has 1 aromatic heterocycles. The average Bonchev–Trinajstić information content (AvgIpc) is 3.63. The third-order valence-electron chi connectivity index (χ3n) is 10.5. The van der Waals surface area contributed by atoms with Crippen molar-refractivity contribution in [2.45, 2.75) is 134 Å².